The Balaban J connectivity index is 1.30. The molecule has 1 heterocycles. The molecule has 0 aliphatic heterocycles. The Kier molecular flexibility index (Phi) is 5.70. The average molecular weight is 399 g/mol. The Hall–Kier alpha value is -4.13. The van der Waals surface area contributed by atoms with Crippen LogP contribution in [0.5, 0.6) is 5.75 Å². The second kappa shape index (κ2) is 8.91. The molecule has 0 unspecified atom stereocenters. The van der Waals surface area contributed by atoms with E-state index in [1.54, 1.807) is 25.5 Å². The molecular weight excluding hydrogens is 378 g/mol. The number of imidazole rings is 1. The highest BCUT2D eigenvalue weighted by atomic mass is 16.5. The molecular formula is C23H21N5O2. The maximum absolute atomic E-state index is 12.2. The molecule has 150 valence electrons. The van der Waals surface area contributed by atoms with Crippen molar-refractivity contribution in [2.75, 3.05) is 12.4 Å². The number of aromatic nitrogens is 2. The van der Waals surface area contributed by atoms with Crippen LogP contribution in [0.2, 0.25) is 0 Å². The zero-order valence-electron chi connectivity index (χ0n) is 16.4. The van der Waals surface area contributed by atoms with E-state index in [1.165, 1.54) is 0 Å². The van der Waals surface area contributed by atoms with E-state index < -0.39 is 0 Å². The Morgan fingerprint density at radius 1 is 1.07 bits per heavy atom. The summed E-state index contributed by atoms with van der Waals surface area (Å²) in [6.07, 6.45) is 1.59. The number of ether oxygens (including phenoxy) is 1. The number of methoxy groups -OCH3 is 1. The minimum absolute atomic E-state index is 0.267. The number of benzene rings is 3. The molecule has 30 heavy (non-hydrogen) atoms. The summed E-state index contributed by atoms with van der Waals surface area (Å²) in [7, 11) is 1.61. The molecule has 0 saturated carbocycles. The van der Waals surface area contributed by atoms with Gasteiger partial charge in [0.25, 0.3) is 5.91 Å². The zero-order valence-corrected chi connectivity index (χ0v) is 16.4. The van der Waals surface area contributed by atoms with Gasteiger partial charge in [-0.25, -0.2) is 10.4 Å². The number of H-pyrrole nitrogens is 1. The first kappa shape index (κ1) is 19.2. The highest BCUT2D eigenvalue weighted by molar-refractivity contribution is 5.94. The van der Waals surface area contributed by atoms with Crippen LogP contribution < -0.4 is 15.5 Å². The first-order valence-electron chi connectivity index (χ1n) is 9.46. The van der Waals surface area contributed by atoms with E-state index in [-0.39, 0.29) is 5.91 Å². The third-order valence-electron chi connectivity index (χ3n) is 4.56. The van der Waals surface area contributed by atoms with Crippen molar-refractivity contribution in [2.24, 2.45) is 5.10 Å². The second-order valence-corrected chi connectivity index (χ2v) is 6.63. The van der Waals surface area contributed by atoms with Crippen molar-refractivity contribution in [1.29, 1.82) is 0 Å². The summed E-state index contributed by atoms with van der Waals surface area (Å²) in [6.45, 7) is 0.595. The number of para-hydroxylation sites is 2. The Morgan fingerprint density at radius 3 is 2.57 bits per heavy atom. The molecule has 1 aromatic heterocycles. The monoisotopic (exact) mass is 399 g/mol. The van der Waals surface area contributed by atoms with Crippen LogP contribution in [0, 0.1) is 0 Å². The third-order valence-corrected chi connectivity index (χ3v) is 4.56. The van der Waals surface area contributed by atoms with Crippen molar-refractivity contribution >= 4 is 29.1 Å². The van der Waals surface area contributed by atoms with Crippen LogP contribution in [0.15, 0.2) is 77.9 Å². The lowest BCUT2D eigenvalue weighted by Crippen LogP contribution is -2.17. The molecule has 0 saturated heterocycles. The van der Waals surface area contributed by atoms with Gasteiger partial charge in [-0.1, -0.05) is 24.3 Å². The van der Waals surface area contributed by atoms with E-state index in [0.29, 0.717) is 18.1 Å². The molecule has 3 aromatic carbocycles. The van der Waals surface area contributed by atoms with Gasteiger partial charge in [0.15, 0.2) is 0 Å². The first-order chi connectivity index (χ1) is 14.7. The fourth-order valence-electron chi connectivity index (χ4n) is 2.92. The molecule has 0 spiro atoms. The lowest BCUT2D eigenvalue weighted by molar-refractivity contribution is 0.0955. The van der Waals surface area contributed by atoms with Gasteiger partial charge in [0.1, 0.15) is 5.75 Å². The fraction of sp³-hybridized carbons (Fsp3) is 0.0870. The normalized spacial score (nSPS) is 11.0. The van der Waals surface area contributed by atoms with Crippen molar-refractivity contribution in [1.82, 2.24) is 15.4 Å². The van der Waals surface area contributed by atoms with Crippen molar-refractivity contribution in [3.8, 4) is 5.75 Å². The molecule has 0 aliphatic carbocycles. The summed E-state index contributed by atoms with van der Waals surface area (Å²) in [6, 6.07) is 22.6. The zero-order chi connectivity index (χ0) is 20.8. The number of hydrazone groups is 1. The predicted octanol–water partition coefficient (Wildman–Crippen LogP) is 3.95. The standard InChI is InChI=1S/C23H21N5O2/c1-30-19-12-8-17(9-13-19)15-25-28-22(29)18-10-6-16(7-11-18)14-24-23-26-20-4-2-3-5-21(20)27-23/h2-13,15H,14H2,1H3,(H,28,29)(H2,24,26,27)/b25-15+. The summed E-state index contributed by atoms with van der Waals surface area (Å²) in [4.78, 5) is 20.0. The van der Waals surface area contributed by atoms with Gasteiger partial charge in [0.2, 0.25) is 5.95 Å². The van der Waals surface area contributed by atoms with E-state index in [2.05, 4.69) is 25.8 Å². The van der Waals surface area contributed by atoms with Gasteiger partial charge in [-0.3, -0.25) is 4.79 Å². The van der Waals surface area contributed by atoms with Crippen LogP contribution in [0.4, 0.5) is 5.95 Å². The number of anilines is 1. The van der Waals surface area contributed by atoms with E-state index in [4.69, 9.17) is 4.74 Å². The van der Waals surface area contributed by atoms with Gasteiger partial charge < -0.3 is 15.0 Å². The van der Waals surface area contributed by atoms with Gasteiger partial charge in [-0.15, -0.1) is 0 Å². The molecule has 3 N–H and O–H groups in total. The lowest BCUT2D eigenvalue weighted by atomic mass is 10.1. The molecule has 7 heteroatoms. The van der Waals surface area contributed by atoms with Gasteiger partial charge in [-0.2, -0.15) is 5.10 Å². The van der Waals surface area contributed by atoms with E-state index >= 15 is 0 Å². The molecule has 0 aliphatic rings. The number of nitrogens with one attached hydrogen (secondary N) is 3. The highest BCUT2D eigenvalue weighted by Gasteiger charge is 2.05. The number of rotatable bonds is 7. The average Bonchev–Trinajstić information content (AvgIpc) is 3.21. The molecule has 4 rings (SSSR count). The Labute approximate surface area is 173 Å². The molecule has 0 atom stereocenters. The van der Waals surface area contributed by atoms with Crippen LogP contribution in [-0.4, -0.2) is 29.2 Å². The third kappa shape index (κ3) is 4.64. The lowest BCUT2D eigenvalue weighted by Gasteiger charge is -2.05. The number of hydrogen-bond acceptors (Lipinski definition) is 5. The maximum Gasteiger partial charge on any atom is 0.271 e. The largest absolute Gasteiger partial charge is 0.497 e. The summed E-state index contributed by atoms with van der Waals surface area (Å²) >= 11 is 0. The number of aromatic amines is 1. The molecule has 4 aromatic rings. The molecule has 0 fully saturated rings. The smallest absolute Gasteiger partial charge is 0.271 e. The Bertz CT molecular complexity index is 1130. The SMILES string of the molecule is COc1ccc(/C=N/NC(=O)c2ccc(CNc3nc4ccccc4[nH]3)cc2)cc1. The number of carbonyl (C=O) groups is 1. The molecule has 0 radical (unpaired) electrons. The van der Waals surface area contributed by atoms with Crippen molar-refractivity contribution < 1.29 is 9.53 Å². The molecule has 7 nitrogen and oxygen atoms in total. The summed E-state index contributed by atoms with van der Waals surface area (Å²) < 4.78 is 5.11. The van der Waals surface area contributed by atoms with Crippen molar-refractivity contribution in [3.63, 3.8) is 0 Å². The quantitative estimate of drug-likeness (QED) is 0.324. The van der Waals surface area contributed by atoms with Gasteiger partial charge >= 0.3 is 0 Å². The topological polar surface area (TPSA) is 91.4 Å². The fourth-order valence-corrected chi connectivity index (χ4v) is 2.92. The minimum atomic E-state index is -0.267. The van der Waals surface area contributed by atoms with Crippen LogP contribution in [0.25, 0.3) is 11.0 Å². The number of carbonyl (C=O) groups excluding carboxylic acids is 1. The summed E-state index contributed by atoms with van der Waals surface area (Å²) in [5, 5.41) is 7.26. The van der Waals surface area contributed by atoms with E-state index in [1.807, 2.05) is 60.7 Å². The number of nitrogens with zero attached hydrogens (tertiary/aromatic N) is 2. The minimum Gasteiger partial charge on any atom is -0.497 e. The summed E-state index contributed by atoms with van der Waals surface area (Å²) in [5.74, 6) is 1.22. The van der Waals surface area contributed by atoms with Crippen molar-refractivity contribution in [3.05, 3.63) is 89.5 Å². The van der Waals surface area contributed by atoms with Gasteiger partial charge in [0.05, 0.1) is 24.4 Å². The summed E-state index contributed by atoms with van der Waals surface area (Å²) in [5.41, 5.74) is 6.88. The van der Waals surface area contributed by atoms with Crippen LogP contribution >= 0.6 is 0 Å². The predicted molar refractivity (Wildman–Crippen MR) is 118 cm³/mol. The van der Waals surface area contributed by atoms with E-state index in [9.17, 15) is 4.79 Å². The van der Waals surface area contributed by atoms with Gasteiger partial charge in [-0.05, 0) is 59.7 Å². The van der Waals surface area contributed by atoms with E-state index in [0.717, 1.165) is 27.9 Å². The number of amides is 1. The number of hydrogen-bond donors (Lipinski definition) is 3. The Morgan fingerprint density at radius 2 is 1.83 bits per heavy atom. The number of fused-ring (bicyclic) bond motifs is 1. The first-order valence-corrected chi connectivity index (χ1v) is 9.46. The molecule has 0 bridgehead atoms. The van der Waals surface area contributed by atoms with Crippen molar-refractivity contribution in [2.45, 2.75) is 6.54 Å². The second-order valence-electron chi connectivity index (χ2n) is 6.63. The van der Waals surface area contributed by atoms with Crippen LogP contribution in [0.3, 0.4) is 0 Å². The van der Waals surface area contributed by atoms with Crippen LogP contribution in [0.1, 0.15) is 21.5 Å². The van der Waals surface area contributed by atoms with Gasteiger partial charge in [0, 0.05) is 12.1 Å². The molecule has 1 amide bonds. The highest BCUT2D eigenvalue weighted by Crippen LogP contribution is 2.14. The maximum atomic E-state index is 12.2. The van der Waals surface area contributed by atoms with Crippen LogP contribution in [-0.2, 0) is 6.54 Å².